The minimum Gasteiger partial charge on any atom is -0.346 e. The van der Waals surface area contributed by atoms with Gasteiger partial charge in [0.25, 0.3) is 0 Å². The molecule has 0 aliphatic carbocycles. The van der Waals surface area contributed by atoms with Gasteiger partial charge in [-0.05, 0) is 17.0 Å². The molecule has 0 aliphatic rings. The lowest BCUT2D eigenvalue weighted by atomic mass is 9.86. The van der Waals surface area contributed by atoms with Crippen molar-refractivity contribution >= 4 is 29.9 Å². The summed E-state index contributed by atoms with van der Waals surface area (Å²) in [5.74, 6) is -0.613. The van der Waals surface area contributed by atoms with Crippen LogP contribution in [-0.4, -0.2) is 24.9 Å². The van der Waals surface area contributed by atoms with Crippen molar-refractivity contribution in [2.24, 2.45) is 5.73 Å². The molecule has 0 unspecified atom stereocenters. The third-order valence-electron chi connectivity index (χ3n) is 2.64. The molecule has 0 saturated heterocycles. The zero-order chi connectivity index (χ0) is 14.5. The first-order chi connectivity index (χ1) is 8.84. The van der Waals surface area contributed by atoms with Crippen LogP contribution >= 0.6 is 12.4 Å². The first-order valence-corrected chi connectivity index (χ1v) is 6.20. The molecule has 0 bridgehead atoms. The van der Waals surface area contributed by atoms with E-state index in [1.807, 2.05) is 24.3 Å². The Morgan fingerprint density at radius 1 is 1.15 bits per heavy atom. The number of hydrogen-bond acceptors (Lipinski definition) is 3. The first-order valence-electron chi connectivity index (χ1n) is 6.20. The number of halogens is 1. The van der Waals surface area contributed by atoms with Crippen molar-refractivity contribution in [2.75, 3.05) is 18.4 Å². The van der Waals surface area contributed by atoms with Crippen molar-refractivity contribution in [3.8, 4) is 0 Å². The highest BCUT2D eigenvalue weighted by atomic mass is 35.5. The molecule has 6 heteroatoms. The Bertz CT molecular complexity index is 470. The third-order valence-corrected chi connectivity index (χ3v) is 2.64. The molecule has 0 spiro atoms. The van der Waals surface area contributed by atoms with E-state index in [2.05, 4.69) is 31.4 Å². The molecule has 5 nitrogen and oxygen atoms in total. The fourth-order valence-corrected chi connectivity index (χ4v) is 1.69. The summed E-state index contributed by atoms with van der Waals surface area (Å²) in [6.07, 6.45) is 0. The monoisotopic (exact) mass is 299 g/mol. The lowest BCUT2D eigenvalue weighted by Crippen LogP contribution is -2.36. The molecule has 0 aromatic heterocycles. The minimum atomic E-state index is -0.348. The second-order valence-electron chi connectivity index (χ2n) is 5.32. The first kappa shape index (κ1) is 18.4. The zero-order valence-electron chi connectivity index (χ0n) is 12.0. The fraction of sp³-hybridized carbons (Fsp3) is 0.429. The Morgan fingerprint density at radius 2 is 1.75 bits per heavy atom. The van der Waals surface area contributed by atoms with E-state index in [-0.39, 0.29) is 42.7 Å². The molecule has 0 radical (unpaired) electrons. The maximum atomic E-state index is 11.7. The fourth-order valence-electron chi connectivity index (χ4n) is 1.69. The average Bonchev–Trinajstić information content (AvgIpc) is 2.35. The Kier molecular flexibility index (Phi) is 7.24. The number of carbonyl (C=O) groups is 2. The molecule has 0 aliphatic heterocycles. The van der Waals surface area contributed by atoms with Gasteiger partial charge in [0.05, 0.1) is 13.1 Å². The molecule has 0 saturated carbocycles. The summed E-state index contributed by atoms with van der Waals surface area (Å²) in [6.45, 7) is 6.04. The van der Waals surface area contributed by atoms with Gasteiger partial charge in [0.2, 0.25) is 11.8 Å². The highest BCUT2D eigenvalue weighted by Crippen LogP contribution is 2.28. The molecule has 112 valence electrons. The van der Waals surface area contributed by atoms with Crippen molar-refractivity contribution < 1.29 is 9.59 Å². The minimum absolute atomic E-state index is 0. The Hall–Kier alpha value is -1.59. The topological polar surface area (TPSA) is 84.2 Å². The molecule has 1 aromatic carbocycles. The van der Waals surface area contributed by atoms with Gasteiger partial charge < -0.3 is 16.4 Å². The smallest absolute Gasteiger partial charge is 0.243 e. The Morgan fingerprint density at radius 3 is 2.30 bits per heavy atom. The average molecular weight is 300 g/mol. The standard InChI is InChI=1S/C14H21N3O2.ClH/c1-14(2,3)10-6-4-5-7-11(10)17-13(19)9-16-12(18)8-15;/h4-7H,8-9,15H2,1-3H3,(H,16,18)(H,17,19);1H. The van der Waals surface area contributed by atoms with Crippen LogP contribution < -0.4 is 16.4 Å². The van der Waals surface area contributed by atoms with Crippen LogP contribution in [0, 0.1) is 0 Å². The van der Waals surface area contributed by atoms with Crippen molar-refractivity contribution in [2.45, 2.75) is 26.2 Å². The van der Waals surface area contributed by atoms with E-state index in [0.717, 1.165) is 11.3 Å². The molecule has 1 aromatic rings. The number of benzene rings is 1. The normalized spacial score (nSPS) is 10.4. The van der Waals surface area contributed by atoms with Gasteiger partial charge >= 0.3 is 0 Å². The second-order valence-corrected chi connectivity index (χ2v) is 5.32. The van der Waals surface area contributed by atoms with E-state index >= 15 is 0 Å². The summed E-state index contributed by atoms with van der Waals surface area (Å²) in [4.78, 5) is 22.7. The number of nitrogens with two attached hydrogens (primary N) is 1. The summed E-state index contributed by atoms with van der Waals surface area (Å²) < 4.78 is 0. The zero-order valence-corrected chi connectivity index (χ0v) is 12.8. The van der Waals surface area contributed by atoms with Gasteiger partial charge in [0.1, 0.15) is 0 Å². The van der Waals surface area contributed by atoms with E-state index in [9.17, 15) is 9.59 Å². The number of hydrogen-bond donors (Lipinski definition) is 3. The number of carbonyl (C=O) groups excluding carboxylic acids is 2. The quantitative estimate of drug-likeness (QED) is 0.786. The summed E-state index contributed by atoms with van der Waals surface area (Å²) in [6, 6.07) is 7.63. The van der Waals surface area contributed by atoms with E-state index < -0.39 is 0 Å². The van der Waals surface area contributed by atoms with Crippen LogP contribution in [0.3, 0.4) is 0 Å². The molecular weight excluding hydrogens is 278 g/mol. The molecule has 0 atom stereocenters. The number of amides is 2. The highest BCUT2D eigenvalue weighted by molar-refractivity contribution is 5.95. The van der Waals surface area contributed by atoms with Gasteiger partial charge in [-0.15, -0.1) is 12.4 Å². The van der Waals surface area contributed by atoms with Crippen molar-refractivity contribution in [3.05, 3.63) is 29.8 Å². The SMILES string of the molecule is CC(C)(C)c1ccccc1NC(=O)CNC(=O)CN.Cl. The number of nitrogens with one attached hydrogen (secondary N) is 2. The van der Waals surface area contributed by atoms with Crippen molar-refractivity contribution in [1.29, 1.82) is 0 Å². The van der Waals surface area contributed by atoms with Gasteiger partial charge in [-0.3, -0.25) is 9.59 Å². The van der Waals surface area contributed by atoms with Gasteiger partial charge in [-0.1, -0.05) is 39.0 Å². The summed E-state index contributed by atoms with van der Waals surface area (Å²) in [5.41, 5.74) is 6.90. The lowest BCUT2D eigenvalue weighted by Gasteiger charge is -2.23. The van der Waals surface area contributed by atoms with Crippen molar-refractivity contribution in [1.82, 2.24) is 5.32 Å². The van der Waals surface area contributed by atoms with E-state index in [1.165, 1.54) is 0 Å². The van der Waals surface area contributed by atoms with Gasteiger partial charge in [-0.2, -0.15) is 0 Å². The van der Waals surface area contributed by atoms with E-state index in [0.29, 0.717) is 0 Å². The van der Waals surface area contributed by atoms with Crippen LogP contribution in [0.4, 0.5) is 5.69 Å². The van der Waals surface area contributed by atoms with Crippen LogP contribution in [0.5, 0.6) is 0 Å². The molecule has 2 amide bonds. The molecule has 1 rings (SSSR count). The van der Waals surface area contributed by atoms with Crippen LogP contribution in [0.2, 0.25) is 0 Å². The predicted molar refractivity (Wildman–Crippen MR) is 83.1 cm³/mol. The Balaban J connectivity index is 0.00000361. The van der Waals surface area contributed by atoms with Gasteiger partial charge in [0, 0.05) is 5.69 Å². The third kappa shape index (κ3) is 5.59. The van der Waals surface area contributed by atoms with Crippen LogP contribution in [0.15, 0.2) is 24.3 Å². The number of rotatable bonds is 4. The molecule has 0 fully saturated rings. The van der Waals surface area contributed by atoms with Gasteiger partial charge in [-0.25, -0.2) is 0 Å². The lowest BCUT2D eigenvalue weighted by molar-refractivity contribution is -0.123. The van der Waals surface area contributed by atoms with E-state index in [4.69, 9.17) is 5.73 Å². The Labute approximate surface area is 125 Å². The molecule has 20 heavy (non-hydrogen) atoms. The largest absolute Gasteiger partial charge is 0.346 e. The van der Waals surface area contributed by atoms with Gasteiger partial charge in [0.15, 0.2) is 0 Å². The van der Waals surface area contributed by atoms with E-state index in [1.54, 1.807) is 0 Å². The second kappa shape index (κ2) is 7.87. The van der Waals surface area contributed by atoms with Crippen LogP contribution in [0.25, 0.3) is 0 Å². The molecule has 4 N–H and O–H groups in total. The highest BCUT2D eigenvalue weighted by Gasteiger charge is 2.18. The predicted octanol–water partition coefficient (Wildman–Crippen LogP) is 1.42. The number of para-hydroxylation sites is 1. The molecular formula is C14H22ClN3O2. The van der Waals surface area contributed by atoms with Crippen molar-refractivity contribution in [3.63, 3.8) is 0 Å². The molecule has 0 heterocycles. The number of anilines is 1. The van der Waals surface area contributed by atoms with Crippen LogP contribution in [0.1, 0.15) is 26.3 Å². The maximum absolute atomic E-state index is 11.7. The maximum Gasteiger partial charge on any atom is 0.243 e. The summed E-state index contributed by atoms with van der Waals surface area (Å²) in [7, 11) is 0. The van der Waals surface area contributed by atoms with Crippen LogP contribution in [-0.2, 0) is 15.0 Å². The summed E-state index contributed by atoms with van der Waals surface area (Å²) >= 11 is 0. The summed E-state index contributed by atoms with van der Waals surface area (Å²) in [5, 5.41) is 5.24.